The van der Waals surface area contributed by atoms with E-state index in [4.69, 9.17) is 9.72 Å². The molecule has 0 saturated carbocycles. The van der Waals surface area contributed by atoms with Crippen LogP contribution in [0.15, 0.2) is 60.7 Å². The van der Waals surface area contributed by atoms with Crippen molar-refractivity contribution in [3.05, 3.63) is 66.2 Å². The Morgan fingerprint density at radius 3 is 2.20 bits per heavy atom. The third-order valence-electron chi connectivity index (χ3n) is 7.42. The van der Waals surface area contributed by atoms with Gasteiger partial charge in [0, 0.05) is 37.6 Å². The molecule has 0 bridgehead atoms. The first-order valence-electron chi connectivity index (χ1n) is 13.6. The smallest absolute Gasteiger partial charge is 0.323 e. The van der Waals surface area contributed by atoms with Crippen molar-refractivity contribution in [2.75, 3.05) is 59.8 Å². The Labute approximate surface area is 237 Å². The number of aromatic nitrogens is 1. The second kappa shape index (κ2) is 11.8. The Balaban J connectivity index is 1.23. The summed E-state index contributed by atoms with van der Waals surface area (Å²) in [6.45, 7) is 4.63. The minimum atomic E-state index is -0.331. The van der Waals surface area contributed by atoms with Gasteiger partial charge in [0.15, 0.2) is 5.13 Å². The summed E-state index contributed by atoms with van der Waals surface area (Å²) < 4.78 is 6.74. The number of nitrogens with one attached hydrogen (secondary N) is 2. The van der Waals surface area contributed by atoms with Gasteiger partial charge in [-0.1, -0.05) is 35.6 Å². The van der Waals surface area contributed by atoms with Crippen LogP contribution in [-0.4, -0.2) is 66.7 Å². The lowest BCUT2D eigenvalue weighted by atomic mass is 10.0. The van der Waals surface area contributed by atoms with Crippen LogP contribution in [0.3, 0.4) is 0 Å². The van der Waals surface area contributed by atoms with Crippen LogP contribution >= 0.6 is 11.3 Å². The predicted octanol–water partition coefficient (Wildman–Crippen LogP) is 4.90. The summed E-state index contributed by atoms with van der Waals surface area (Å²) >= 11 is 1.70. The van der Waals surface area contributed by atoms with Gasteiger partial charge in [-0.05, 0) is 65.9 Å². The Bertz CT molecular complexity index is 1460. The molecule has 2 amide bonds. The number of aliphatic hydroxyl groups is 2. The number of aliphatic hydroxyl groups excluding tert-OH is 2. The molecule has 208 valence electrons. The summed E-state index contributed by atoms with van der Waals surface area (Å²) in [6.07, 6.45) is 1.32. The summed E-state index contributed by atoms with van der Waals surface area (Å²) in [4.78, 5) is 22.2. The van der Waals surface area contributed by atoms with Crippen LogP contribution in [0.1, 0.15) is 18.4 Å². The number of carbonyl (C=O) groups excluding carboxylic acids is 1. The van der Waals surface area contributed by atoms with E-state index in [2.05, 4.69) is 32.6 Å². The lowest BCUT2D eigenvalue weighted by molar-refractivity contribution is 0.123. The third kappa shape index (κ3) is 5.90. The number of amides is 2. The Morgan fingerprint density at radius 1 is 0.900 bits per heavy atom. The van der Waals surface area contributed by atoms with E-state index in [0.29, 0.717) is 24.6 Å². The first-order valence-corrected chi connectivity index (χ1v) is 14.5. The van der Waals surface area contributed by atoms with E-state index < -0.39 is 0 Å². The topological polar surface area (TPSA) is 110 Å². The van der Waals surface area contributed by atoms with Gasteiger partial charge in [0.25, 0.3) is 0 Å². The van der Waals surface area contributed by atoms with Crippen molar-refractivity contribution >= 4 is 49.8 Å². The maximum atomic E-state index is 12.5. The highest BCUT2D eigenvalue weighted by Gasteiger charge is 2.23. The van der Waals surface area contributed by atoms with Gasteiger partial charge in [0.05, 0.1) is 36.3 Å². The largest absolute Gasteiger partial charge is 0.393 e. The van der Waals surface area contributed by atoms with E-state index in [9.17, 15) is 15.0 Å². The van der Waals surface area contributed by atoms with Gasteiger partial charge >= 0.3 is 6.03 Å². The average Bonchev–Trinajstić information content (AvgIpc) is 3.42. The van der Waals surface area contributed by atoms with Crippen molar-refractivity contribution in [1.82, 2.24) is 4.98 Å². The lowest BCUT2D eigenvalue weighted by Crippen LogP contribution is -2.36. The molecule has 0 spiro atoms. The number of rotatable bonds is 6. The SMILES string of the molecule is O=C(Nc1ccc(CO)cc1)Nc1ccc(-c2cc(N3CCOCC3)c3nc(N4CCC(O)CC4)sc3c2)cc1. The van der Waals surface area contributed by atoms with Crippen LogP contribution in [0, 0.1) is 0 Å². The molecule has 3 heterocycles. The van der Waals surface area contributed by atoms with E-state index in [1.54, 1.807) is 35.6 Å². The zero-order valence-electron chi connectivity index (χ0n) is 22.2. The van der Waals surface area contributed by atoms with Crippen LogP contribution in [0.5, 0.6) is 0 Å². The van der Waals surface area contributed by atoms with Gasteiger partial charge in [0.1, 0.15) is 5.52 Å². The first-order chi connectivity index (χ1) is 19.6. The molecule has 2 fully saturated rings. The highest BCUT2D eigenvalue weighted by molar-refractivity contribution is 7.22. The molecule has 0 atom stereocenters. The molecular formula is C30H33N5O4S. The maximum Gasteiger partial charge on any atom is 0.323 e. The van der Waals surface area contributed by atoms with Crippen LogP contribution in [0.25, 0.3) is 21.3 Å². The number of morpholine rings is 1. The van der Waals surface area contributed by atoms with Crippen LogP contribution < -0.4 is 20.4 Å². The fraction of sp³-hybridized carbons (Fsp3) is 0.333. The maximum absolute atomic E-state index is 12.5. The molecule has 40 heavy (non-hydrogen) atoms. The molecule has 0 radical (unpaired) electrons. The molecule has 3 aromatic carbocycles. The number of thiazole rings is 1. The third-order valence-corrected chi connectivity index (χ3v) is 8.48. The minimum absolute atomic E-state index is 0.0344. The van der Waals surface area contributed by atoms with E-state index in [0.717, 1.165) is 76.7 Å². The van der Waals surface area contributed by atoms with Crippen LogP contribution in [-0.2, 0) is 11.3 Å². The highest BCUT2D eigenvalue weighted by atomic mass is 32.1. The summed E-state index contributed by atoms with van der Waals surface area (Å²) in [6, 6.07) is 19.0. The molecular weight excluding hydrogens is 526 g/mol. The molecule has 4 aromatic rings. The number of benzene rings is 3. The molecule has 1 aromatic heterocycles. The van der Waals surface area contributed by atoms with Gasteiger partial charge < -0.3 is 35.4 Å². The normalized spacial score (nSPS) is 16.4. The number of nitrogens with zero attached hydrogens (tertiary/aromatic N) is 3. The highest BCUT2D eigenvalue weighted by Crippen LogP contribution is 2.39. The summed E-state index contributed by atoms with van der Waals surface area (Å²) in [5.74, 6) is 0. The molecule has 10 heteroatoms. The average molecular weight is 560 g/mol. The number of carbonyl (C=O) groups is 1. The zero-order chi connectivity index (χ0) is 27.5. The Hall–Kier alpha value is -3.70. The molecule has 2 aliphatic heterocycles. The van der Waals surface area contributed by atoms with Gasteiger partial charge in [-0.25, -0.2) is 9.78 Å². The van der Waals surface area contributed by atoms with Crippen molar-refractivity contribution < 1.29 is 19.7 Å². The number of ether oxygens (including phenoxy) is 1. The minimum Gasteiger partial charge on any atom is -0.393 e. The lowest BCUT2D eigenvalue weighted by Gasteiger charge is -2.30. The zero-order valence-corrected chi connectivity index (χ0v) is 23.0. The predicted molar refractivity (Wildman–Crippen MR) is 161 cm³/mol. The summed E-state index contributed by atoms with van der Waals surface area (Å²) in [5, 5.41) is 25.8. The van der Waals surface area contributed by atoms with E-state index in [1.807, 2.05) is 24.3 Å². The van der Waals surface area contributed by atoms with Gasteiger partial charge in [-0.2, -0.15) is 0 Å². The quantitative estimate of drug-likeness (QED) is 0.266. The monoisotopic (exact) mass is 559 g/mol. The molecule has 2 aliphatic rings. The van der Waals surface area contributed by atoms with Gasteiger partial charge in [-0.3, -0.25) is 0 Å². The molecule has 0 aliphatic carbocycles. The number of hydrogen-bond acceptors (Lipinski definition) is 8. The molecule has 9 nitrogen and oxygen atoms in total. The van der Waals surface area contributed by atoms with Gasteiger partial charge in [0.2, 0.25) is 0 Å². The Kier molecular flexibility index (Phi) is 7.83. The van der Waals surface area contributed by atoms with Crippen LogP contribution in [0.2, 0.25) is 0 Å². The number of anilines is 4. The summed E-state index contributed by atoms with van der Waals surface area (Å²) in [5.41, 5.74) is 6.41. The van der Waals surface area contributed by atoms with Crippen molar-refractivity contribution in [2.45, 2.75) is 25.6 Å². The fourth-order valence-electron chi connectivity index (χ4n) is 5.14. The number of piperidine rings is 1. The van der Waals surface area contributed by atoms with E-state index >= 15 is 0 Å². The van der Waals surface area contributed by atoms with Crippen molar-refractivity contribution in [3.63, 3.8) is 0 Å². The number of hydrogen-bond donors (Lipinski definition) is 4. The second-order valence-electron chi connectivity index (χ2n) is 10.2. The van der Waals surface area contributed by atoms with Gasteiger partial charge in [-0.15, -0.1) is 0 Å². The second-order valence-corrected chi connectivity index (χ2v) is 11.2. The Morgan fingerprint density at radius 2 is 1.55 bits per heavy atom. The first kappa shape index (κ1) is 26.5. The summed E-state index contributed by atoms with van der Waals surface area (Å²) in [7, 11) is 0. The molecule has 4 N–H and O–H groups in total. The molecule has 6 rings (SSSR count). The molecule has 0 unspecified atom stereocenters. The van der Waals surface area contributed by atoms with E-state index in [1.165, 1.54) is 0 Å². The number of fused-ring (bicyclic) bond motifs is 1. The fourth-order valence-corrected chi connectivity index (χ4v) is 6.22. The van der Waals surface area contributed by atoms with Crippen molar-refractivity contribution in [1.29, 1.82) is 0 Å². The van der Waals surface area contributed by atoms with Crippen molar-refractivity contribution in [2.24, 2.45) is 0 Å². The van der Waals surface area contributed by atoms with Crippen molar-refractivity contribution in [3.8, 4) is 11.1 Å². The van der Waals surface area contributed by atoms with E-state index in [-0.39, 0.29) is 18.7 Å². The standard InChI is InChI=1S/C30H33N5O4S/c36-19-20-1-5-23(6-2-20)31-29(38)32-24-7-3-21(4-8-24)22-17-26(34-13-15-39-16-14-34)28-27(18-22)40-30(33-28)35-11-9-25(37)10-12-35/h1-8,17-18,25,36-37H,9-16,19H2,(H2,31,32,38). The molecule has 2 saturated heterocycles. The number of urea groups is 1. The van der Waals surface area contributed by atoms with Crippen LogP contribution in [0.4, 0.5) is 27.0 Å².